The van der Waals surface area contributed by atoms with E-state index in [1.54, 1.807) is 25.1 Å². The number of nitro groups is 1. The second-order valence-corrected chi connectivity index (χ2v) is 5.16. The third kappa shape index (κ3) is 4.83. The standard InChI is InChI=1S/C19H19NO6/c1-3-25-19(21)16(20(22)23)12-15-10-7-11-17(24-2)18(15)26-13-14-8-5-4-6-9-14/h4-12H,3,13H2,1-2H3/b16-12-. The SMILES string of the molecule is CCOC(=O)/C(=C/c1cccc(OC)c1OCc1ccccc1)[N+](=O)[O-]. The van der Waals surface area contributed by atoms with E-state index < -0.39 is 16.6 Å². The zero-order valence-corrected chi connectivity index (χ0v) is 14.5. The Bertz CT molecular complexity index is 801. The molecule has 0 aliphatic rings. The van der Waals surface area contributed by atoms with Crippen molar-refractivity contribution in [2.24, 2.45) is 0 Å². The topological polar surface area (TPSA) is 87.9 Å². The fourth-order valence-corrected chi connectivity index (χ4v) is 2.23. The van der Waals surface area contributed by atoms with E-state index in [0.29, 0.717) is 17.1 Å². The molecular formula is C19H19NO6. The lowest BCUT2D eigenvalue weighted by molar-refractivity contribution is -0.419. The fourth-order valence-electron chi connectivity index (χ4n) is 2.23. The molecule has 26 heavy (non-hydrogen) atoms. The summed E-state index contributed by atoms with van der Waals surface area (Å²) in [6, 6.07) is 14.4. The van der Waals surface area contributed by atoms with Gasteiger partial charge in [-0.2, -0.15) is 0 Å². The summed E-state index contributed by atoms with van der Waals surface area (Å²) in [7, 11) is 1.47. The maximum absolute atomic E-state index is 11.8. The van der Waals surface area contributed by atoms with E-state index in [-0.39, 0.29) is 13.2 Å². The van der Waals surface area contributed by atoms with Crippen molar-refractivity contribution < 1.29 is 23.9 Å². The predicted octanol–water partition coefficient (Wildman–Crippen LogP) is 3.45. The van der Waals surface area contributed by atoms with E-state index in [4.69, 9.17) is 14.2 Å². The van der Waals surface area contributed by atoms with Gasteiger partial charge in [-0.3, -0.25) is 10.1 Å². The highest BCUT2D eigenvalue weighted by Crippen LogP contribution is 2.33. The molecule has 0 atom stereocenters. The number of ether oxygens (including phenoxy) is 3. The largest absolute Gasteiger partial charge is 0.493 e. The van der Waals surface area contributed by atoms with Crippen LogP contribution < -0.4 is 9.47 Å². The lowest BCUT2D eigenvalue weighted by atomic mass is 10.1. The van der Waals surface area contributed by atoms with Gasteiger partial charge < -0.3 is 14.2 Å². The van der Waals surface area contributed by atoms with Crippen LogP contribution in [0.2, 0.25) is 0 Å². The molecule has 0 radical (unpaired) electrons. The summed E-state index contributed by atoms with van der Waals surface area (Å²) in [5.41, 5.74) is 0.595. The van der Waals surface area contributed by atoms with Gasteiger partial charge in [-0.25, -0.2) is 4.79 Å². The molecule has 0 aliphatic heterocycles. The molecule has 0 saturated carbocycles. The molecular weight excluding hydrogens is 338 g/mol. The van der Waals surface area contributed by atoms with Gasteiger partial charge in [0.05, 0.1) is 18.6 Å². The quantitative estimate of drug-likeness (QED) is 0.311. The Morgan fingerprint density at radius 3 is 2.50 bits per heavy atom. The first-order chi connectivity index (χ1) is 12.6. The summed E-state index contributed by atoms with van der Waals surface area (Å²) >= 11 is 0. The highest BCUT2D eigenvalue weighted by Gasteiger charge is 2.24. The van der Waals surface area contributed by atoms with Gasteiger partial charge in [-0.05, 0) is 18.6 Å². The van der Waals surface area contributed by atoms with Crippen LogP contribution in [-0.2, 0) is 16.1 Å². The summed E-state index contributed by atoms with van der Waals surface area (Å²) in [4.78, 5) is 22.3. The van der Waals surface area contributed by atoms with Crippen LogP contribution in [0.3, 0.4) is 0 Å². The van der Waals surface area contributed by atoms with Crippen molar-refractivity contribution >= 4 is 12.0 Å². The zero-order chi connectivity index (χ0) is 18.9. The summed E-state index contributed by atoms with van der Waals surface area (Å²) in [5, 5.41) is 11.2. The van der Waals surface area contributed by atoms with E-state index in [2.05, 4.69) is 0 Å². The van der Waals surface area contributed by atoms with E-state index in [1.165, 1.54) is 7.11 Å². The highest BCUT2D eigenvalue weighted by molar-refractivity contribution is 5.91. The van der Waals surface area contributed by atoms with Crippen LogP contribution >= 0.6 is 0 Å². The molecule has 2 aromatic rings. The molecule has 0 amide bonds. The molecule has 0 unspecified atom stereocenters. The van der Waals surface area contributed by atoms with Crippen LogP contribution in [0.1, 0.15) is 18.1 Å². The molecule has 7 heteroatoms. The number of hydrogen-bond donors (Lipinski definition) is 0. The molecule has 0 spiro atoms. The molecule has 136 valence electrons. The van der Waals surface area contributed by atoms with Crippen LogP contribution in [0.15, 0.2) is 54.2 Å². The summed E-state index contributed by atoms with van der Waals surface area (Å²) in [6.45, 7) is 1.87. The van der Waals surface area contributed by atoms with Gasteiger partial charge in [0, 0.05) is 11.6 Å². The number of esters is 1. The fraction of sp³-hybridized carbons (Fsp3) is 0.211. The van der Waals surface area contributed by atoms with Crippen molar-refractivity contribution in [2.45, 2.75) is 13.5 Å². The number of hydrogen-bond acceptors (Lipinski definition) is 6. The number of para-hydroxylation sites is 1. The molecule has 0 aliphatic carbocycles. The van der Waals surface area contributed by atoms with Crippen molar-refractivity contribution in [3.05, 3.63) is 75.5 Å². The minimum atomic E-state index is -1.01. The van der Waals surface area contributed by atoms with Gasteiger partial charge in [-0.15, -0.1) is 0 Å². The first kappa shape index (κ1) is 19.0. The summed E-state index contributed by atoms with van der Waals surface area (Å²) < 4.78 is 15.8. The number of rotatable bonds is 8. The molecule has 0 saturated heterocycles. The van der Waals surface area contributed by atoms with Crippen LogP contribution in [0.5, 0.6) is 11.5 Å². The Kier molecular flexibility index (Phi) is 6.73. The number of carbonyl (C=O) groups excluding carboxylic acids is 1. The number of carbonyl (C=O) groups is 1. The summed E-state index contributed by atoms with van der Waals surface area (Å²) in [6.07, 6.45) is 1.13. The van der Waals surface area contributed by atoms with Gasteiger partial charge in [0.25, 0.3) is 0 Å². The first-order valence-corrected chi connectivity index (χ1v) is 7.93. The maximum atomic E-state index is 11.8. The lowest BCUT2D eigenvalue weighted by Gasteiger charge is -2.13. The summed E-state index contributed by atoms with van der Waals surface area (Å²) in [5.74, 6) is -0.293. The van der Waals surface area contributed by atoms with E-state index in [1.807, 2.05) is 30.3 Å². The number of methoxy groups -OCH3 is 1. The van der Waals surface area contributed by atoms with Crippen LogP contribution in [0.25, 0.3) is 6.08 Å². The molecule has 7 nitrogen and oxygen atoms in total. The maximum Gasteiger partial charge on any atom is 0.409 e. The monoisotopic (exact) mass is 357 g/mol. The Hall–Kier alpha value is -3.35. The van der Waals surface area contributed by atoms with E-state index in [9.17, 15) is 14.9 Å². The normalized spacial score (nSPS) is 10.9. The van der Waals surface area contributed by atoms with E-state index in [0.717, 1.165) is 11.6 Å². The molecule has 0 bridgehead atoms. The third-order valence-corrected chi connectivity index (χ3v) is 3.43. The average Bonchev–Trinajstić information content (AvgIpc) is 2.65. The van der Waals surface area contributed by atoms with Gasteiger partial charge >= 0.3 is 11.7 Å². The zero-order valence-electron chi connectivity index (χ0n) is 14.5. The Balaban J connectivity index is 2.39. The minimum absolute atomic E-state index is 0.0412. The van der Waals surface area contributed by atoms with E-state index >= 15 is 0 Å². The smallest absolute Gasteiger partial charge is 0.409 e. The second kappa shape index (κ2) is 9.22. The third-order valence-electron chi connectivity index (χ3n) is 3.43. The Labute approximate surface area is 151 Å². The molecule has 2 aromatic carbocycles. The molecule has 2 rings (SSSR count). The van der Waals surface area contributed by atoms with Crippen molar-refractivity contribution in [1.29, 1.82) is 0 Å². The van der Waals surface area contributed by atoms with Crippen molar-refractivity contribution in [2.75, 3.05) is 13.7 Å². The van der Waals surface area contributed by atoms with Crippen molar-refractivity contribution in [3.8, 4) is 11.5 Å². The Morgan fingerprint density at radius 1 is 1.15 bits per heavy atom. The highest BCUT2D eigenvalue weighted by atomic mass is 16.6. The molecule has 0 fully saturated rings. The lowest BCUT2D eigenvalue weighted by Crippen LogP contribution is -2.14. The average molecular weight is 357 g/mol. The van der Waals surface area contributed by atoms with Crippen molar-refractivity contribution in [1.82, 2.24) is 0 Å². The molecule has 0 heterocycles. The van der Waals surface area contributed by atoms with Crippen LogP contribution in [0.4, 0.5) is 0 Å². The van der Waals surface area contributed by atoms with Gasteiger partial charge in [0.2, 0.25) is 0 Å². The number of nitrogens with zero attached hydrogens (tertiary/aromatic N) is 1. The van der Waals surface area contributed by atoms with Crippen LogP contribution in [0, 0.1) is 10.1 Å². The van der Waals surface area contributed by atoms with Crippen molar-refractivity contribution in [3.63, 3.8) is 0 Å². The van der Waals surface area contributed by atoms with Gasteiger partial charge in [0.15, 0.2) is 11.5 Å². The van der Waals surface area contributed by atoms with Gasteiger partial charge in [-0.1, -0.05) is 42.5 Å². The minimum Gasteiger partial charge on any atom is -0.493 e. The number of benzene rings is 2. The van der Waals surface area contributed by atoms with Crippen LogP contribution in [-0.4, -0.2) is 24.6 Å². The Morgan fingerprint density at radius 2 is 1.88 bits per heavy atom. The van der Waals surface area contributed by atoms with Gasteiger partial charge in [0.1, 0.15) is 6.61 Å². The molecule has 0 aromatic heterocycles. The second-order valence-electron chi connectivity index (χ2n) is 5.16. The molecule has 0 N–H and O–H groups in total. The predicted molar refractivity (Wildman–Crippen MR) is 95.4 cm³/mol. The first-order valence-electron chi connectivity index (χ1n) is 7.93.